The number of fused-ring (bicyclic) bond motifs is 1. The van der Waals surface area contributed by atoms with Crippen LogP contribution in [0.15, 0.2) is 22.5 Å². The van der Waals surface area contributed by atoms with Gasteiger partial charge in [0.1, 0.15) is 0 Å². The van der Waals surface area contributed by atoms with Crippen molar-refractivity contribution in [3.05, 3.63) is 18.2 Å². The predicted octanol–water partition coefficient (Wildman–Crippen LogP) is 3.81. The molecule has 2 rings (SSSR count). The van der Waals surface area contributed by atoms with E-state index >= 15 is 0 Å². The first-order chi connectivity index (χ1) is 9.39. The van der Waals surface area contributed by atoms with E-state index in [1.54, 1.807) is 36.1 Å². The molecule has 1 aromatic carbocycles. The van der Waals surface area contributed by atoms with Crippen LogP contribution in [0.4, 0.5) is 5.69 Å². The van der Waals surface area contributed by atoms with E-state index in [4.69, 9.17) is 0 Å². The molecule has 0 aliphatic rings. The molecule has 110 valence electrons. The lowest BCUT2D eigenvalue weighted by atomic mass is 10.3. The van der Waals surface area contributed by atoms with Gasteiger partial charge in [0, 0.05) is 5.75 Å². The van der Waals surface area contributed by atoms with Crippen molar-refractivity contribution in [2.45, 2.75) is 25.1 Å². The molecule has 0 aliphatic carbocycles. The SMILES string of the molecule is CCS(=O)(=O)Nc1ccc2nc(SCC(C)C)sc2c1. The smallest absolute Gasteiger partial charge is 0.232 e. The molecule has 20 heavy (non-hydrogen) atoms. The fraction of sp³-hybridized carbons (Fsp3) is 0.462. The Balaban J connectivity index is 2.21. The van der Waals surface area contributed by atoms with Crippen molar-refractivity contribution in [1.29, 1.82) is 0 Å². The summed E-state index contributed by atoms with van der Waals surface area (Å²) < 4.78 is 27.7. The number of sulfonamides is 1. The third-order valence-electron chi connectivity index (χ3n) is 2.56. The Morgan fingerprint density at radius 3 is 2.80 bits per heavy atom. The van der Waals surface area contributed by atoms with Gasteiger partial charge >= 0.3 is 0 Å². The molecule has 0 spiro atoms. The second-order valence-electron chi connectivity index (χ2n) is 4.87. The fourth-order valence-electron chi connectivity index (χ4n) is 1.52. The van der Waals surface area contributed by atoms with Crippen LogP contribution >= 0.6 is 23.1 Å². The highest BCUT2D eigenvalue weighted by Crippen LogP contribution is 2.32. The Labute approximate surface area is 128 Å². The quantitative estimate of drug-likeness (QED) is 0.818. The van der Waals surface area contributed by atoms with Crippen molar-refractivity contribution in [3.63, 3.8) is 0 Å². The number of benzene rings is 1. The lowest BCUT2D eigenvalue weighted by Gasteiger charge is -2.04. The summed E-state index contributed by atoms with van der Waals surface area (Å²) in [6.45, 7) is 5.98. The van der Waals surface area contributed by atoms with Gasteiger partial charge in [0.15, 0.2) is 4.34 Å². The van der Waals surface area contributed by atoms with Crippen molar-refractivity contribution in [2.24, 2.45) is 5.92 Å². The molecule has 7 heteroatoms. The normalized spacial score (nSPS) is 12.2. The molecule has 4 nitrogen and oxygen atoms in total. The molecule has 0 fully saturated rings. The summed E-state index contributed by atoms with van der Waals surface area (Å²) in [5, 5.41) is 0. The number of anilines is 1. The molecule has 0 saturated carbocycles. The largest absolute Gasteiger partial charge is 0.284 e. The second kappa shape index (κ2) is 6.32. The minimum absolute atomic E-state index is 0.0726. The third kappa shape index (κ3) is 4.10. The van der Waals surface area contributed by atoms with Gasteiger partial charge in [0.05, 0.1) is 21.7 Å². The maximum Gasteiger partial charge on any atom is 0.232 e. The third-order valence-corrected chi connectivity index (χ3v) is 6.46. The van der Waals surface area contributed by atoms with E-state index < -0.39 is 10.0 Å². The monoisotopic (exact) mass is 330 g/mol. The van der Waals surface area contributed by atoms with Crippen LogP contribution in [0.3, 0.4) is 0 Å². The summed E-state index contributed by atoms with van der Waals surface area (Å²) in [4.78, 5) is 4.55. The first-order valence-electron chi connectivity index (χ1n) is 6.43. The molecular weight excluding hydrogens is 312 g/mol. The molecule has 0 atom stereocenters. The van der Waals surface area contributed by atoms with Crippen LogP contribution in [0.1, 0.15) is 20.8 Å². The first kappa shape index (κ1) is 15.6. The molecule has 0 radical (unpaired) electrons. The number of thioether (sulfide) groups is 1. The zero-order valence-electron chi connectivity index (χ0n) is 11.7. The van der Waals surface area contributed by atoms with Gasteiger partial charge in [0.2, 0.25) is 10.0 Å². The maximum atomic E-state index is 11.6. The van der Waals surface area contributed by atoms with Crippen LogP contribution in [-0.2, 0) is 10.0 Å². The Morgan fingerprint density at radius 1 is 1.40 bits per heavy atom. The number of nitrogens with one attached hydrogen (secondary N) is 1. The molecule has 0 saturated heterocycles. The van der Waals surface area contributed by atoms with Crippen LogP contribution < -0.4 is 4.72 Å². The van der Waals surface area contributed by atoms with Crippen molar-refractivity contribution >= 4 is 49.0 Å². The summed E-state index contributed by atoms with van der Waals surface area (Å²) in [5.41, 5.74) is 1.52. The highest BCUT2D eigenvalue weighted by molar-refractivity contribution is 8.01. The molecular formula is C13H18N2O2S3. The van der Waals surface area contributed by atoms with E-state index in [1.807, 2.05) is 12.1 Å². The van der Waals surface area contributed by atoms with Crippen molar-refractivity contribution in [2.75, 3.05) is 16.2 Å². The molecule has 1 N–H and O–H groups in total. The second-order valence-corrected chi connectivity index (χ2v) is 9.18. The minimum atomic E-state index is -3.23. The number of thiazole rings is 1. The Kier molecular flexibility index (Phi) is 4.93. The zero-order chi connectivity index (χ0) is 14.8. The molecule has 2 aromatic rings. The standard InChI is InChI=1S/C13H18N2O2S3/c1-4-20(16,17)15-10-5-6-11-12(7-10)19-13(14-11)18-8-9(2)3/h5-7,9,15H,4,8H2,1-3H3. The topological polar surface area (TPSA) is 59.1 Å². The van der Waals surface area contributed by atoms with Gasteiger partial charge in [-0.25, -0.2) is 13.4 Å². The van der Waals surface area contributed by atoms with Crippen molar-refractivity contribution < 1.29 is 8.42 Å². The molecule has 0 aliphatic heterocycles. The molecule has 1 heterocycles. The summed E-state index contributed by atoms with van der Waals surface area (Å²) in [6.07, 6.45) is 0. The van der Waals surface area contributed by atoms with E-state index in [0.29, 0.717) is 11.6 Å². The van der Waals surface area contributed by atoms with E-state index in [-0.39, 0.29) is 5.75 Å². The summed E-state index contributed by atoms with van der Waals surface area (Å²) >= 11 is 3.35. The fourth-order valence-corrected chi connectivity index (χ4v) is 4.23. The highest BCUT2D eigenvalue weighted by atomic mass is 32.2. The number of hydrogen-bond acceptors (Lipinski definition) is 5. The van der Waals surface area contributed by atoms with Crippen LogP contribution in [0.5, 0.6) is 0 Å². The average Bonchev–Trinajstić information content (AvgIpc) is 2.78. The maximum absolute atomic E-state index is 11.6. The van der Waals surface area contributed by atoms with Gasteiger partial charge in [0.25, 0.3) is 0 Å². The van der Waals surface area contributed by atoms with Gasteiger partial charge in [-0.05, 0) is 31.0 Å². The lowest BCUT2D eigenvalue weighted by Crippen LogP contribution is -2.14. The van der Waals surface area contributed by atoms with E-state index in [2.05, 4.69) is 23.6 Å². The Bertz CT molecular complexity index is 693. The first-order valence-corrected chi connectivity index (χ1v) is 9.89. The van der Waals surface area contributed by atoms with Crippen LogP contribution in [0.25, 0.3) is 10.2 Å². The molecule has 0 bridgehead atoms. The summed E-state index contributed by atoms with van der Waals surface area (Å²) in [7, 11) is -3.23. The lowest BCUT2D eigenvalue weighted by molar-refractivity contribution is 0.602. The van der Waals surface area contributed by atoms with Gasteiger partial charge in [-0.3, -0.25) is 4.72 Å². The molecule has 0 unspecified atom stereocenters. The van der Waals surface area contributed by atoms with E-state index in [1.165, 1.54) is 0 Å². The zero-order valence-corrected chi connectivity index (χ0v) is 14.2. The summed E-state index contributed by atoms with van der Waals surface area (Å²) in [5.74, 6) is 1.73. The van der Waals surface area contributed by atoms with Crippen molar-refractivity contribution in [3.8, 4) is 0 Å². The number of aromatic nitrogens is 1. The van der Waals surface area contributed by atoms with Gasteiger partial charge in [-0.2, -0.15) is 0 Å². The van der Waals surface area contributed by atoms with E-state index in [9.17, 15) is 8.42 Å². The van der Waals surface area contributed by atoms with Crippen LogP contribution in [0.2, 0.25) is 0 Å². The number of rotatable bonds is 6. The number of nitrogens with zero attached hydrogens (tertiary/aromatic N) is 1. The highest BCUT2D eigenvalue weighted by Gasteiger charge is 2.10. The summed E-state index contributed by atoms with van der Waals surface area (Å²) in [6, 6.07) is 5.46. The molecule has 0 amide bonds. The minimum Gasteiger partial charge on any atom is -0.284 e. The molecule has 1 aromatic heterocycles. The van der Waals surface area contributed by atoms with Gasteiger partial charge in [-0.1, -0.05) is 25.6 Å². The van der Waals surface area contributed by atoms with Crippen LogP contribution in [-0.4, -0.2) is 24.9 Å². The van der Waals surface area contributed by atoms with Gasteiger partial charge < -0.3 is 0 Å². The Morgan fingerprint density at radius 2 is 2.15 bits per heavy atom. The van der Waals surface area contributed by atoms with Gasteiger partial charge in [-0.15, -0.1) is 11.3 Å². The average molecular weight is 331 g/mol. The Hall–Kier alpha value is -0.790. The predicted molar refractivity (Wildman–Crippen MR) is 88.3 cm³/mol. The van der Waals surface area contributed by atoms with Crippen molar-refractivity contribution in [1.82, 2.24) is 4.98 Å². The number of hydrogen-bond donors (Lipinski definition) is 1. The van der Waals surface area contributed by atoms with E-state index in [0.717, 1.165) is 20.3 Å². The van der Waals surface area contributed by atoms with Crippen LogP contribution in [0, 0.1) is 5.92 Å².